The zero-order valence-corrected chi connectivity index (χ0v) is 15.8. The fourth-order valence-corrected chi connectivity index (χ4v) is 2.95. The van der Waals surface area contributed by atoms with Crippen LogP contribution in [0.4, 0.5) is 0 Å². The highest BCUT2D eigenvalue weighted by Crippen LogP contribution is 2.37. The van der Waals surface area contributed by atoms with Gasteiger partial charge in [0.05, 0.1) is 11.2 Å². The van der Waals surface area contributed by atoms with Crippen LogP contribution in [0.3, 0.4) is 0 Å². The molecule has 1 heterocycles. The zero-order valence-electron chi connectivity index (χ0n) is 15.8. The maximum atomic E-state index is 5.18. The maximum absolute atomic E-state index is 5.18. The Hall–Kier alpha value is -1.37. The van der Waals surface area contributed by atoms with Gasteiger partial charge in [0.15, 0.2) is 0 Å². The summed E-state index contributed by atoms with van der Waals surface area (Å²) < 4.78 is 0. The molecule has 0 aliphatic carbocycles. The second-order valence-electron chi connectivity index (χ2n) is 9.51. The average molecular weight is 297 g/mol. The van der Waals surface area contributed by atoms with E-state index in [2.05, 4.69) is 86.6 Å². The first-order valence-corrected chi connectivity index (χ1v) is 8.27. The van der Waals surface area contributed by atoms with Crippen LogP contribution in [0, 0.1) is 0 Å². The minimum Gasteiger partial charge on any atom is -0.252 e. The number of pyridine rings is 1. The van der Waals surface area contributed by atoms with E-state index in [1.54, 1.807) is 0 Å². The molecule has 0 fully saturated rings. The highest BCUT2D eigenvalue weighted by atomic mass is 14.7. The fourth-order valence-electron chi connectivity index (χ4n) is 2.95. The molecule has 120 valence electrons. The van der Waals surface area contributed by atoms with Gasteiger partial charge in [0.25, 0.3) is 0 Å². The predicted octanol–water partition coefficient (Wildman–Crippen LogP) is 6.13. The topological polar surface area (TPSA) is 12.9 Å². The van der Waals surface area contributed by atoms with Gasteiger partial charge >= 0.3 is 0 Å². The van der Waals surface area contributed by atoms with Crippen molar-refractivity contribution < 1.29 is 0 Å². The molecule has 2 aromatic rings. The Bertz CT molecular complexity index is 689. The van der Waals surface area contributed by atoms with E-state index in [4.69, 9.17) is 4.98 Å². The fraction of sp³-hybridized carbons (Fsp3) is 0.571. The van der Waals surface area contributed by atoms with Crippen molar-refractivity contribution in [2.75, 3.05) is 0 Å². The molecule has 0 radical (unpaired) electrons. The minimum absolute atomic E-state index is 0.0435. The lowest BCUT2D eigenvalue weighted by molar-refractivity contribution is 0.515. The molecular formula is C21H31N. The highest BCUT2D eigenvalue weighted by Gasteiger charge is 2.28. The summed E-state index contributed by atoms with van der Waals surface area (Å²) in [6.07, 6.45) is 0. The van der Waals surface area contributed by atoms with Crippen molar-refractivity contribution in [2.24, 2.45) is 0 Å². The van der Waals surface area contributed by atoms with E-state index in [1.807, 2.05) is 0 Å². The minimum atomic E-state index is 0.0435. The van der Waals surface area contributed by atoms with Gasteiger partial charge in [-0.25, -0.2) is 0 Å². The van der Waals surface area contributed by atoms with Gasteiger partial charge in [0, 0.05) is 10.8 Å². The molecule has 0 aliphatic heterocycles. The summed E-state index contributed by atoms with van der Waals surface area (Å²) in [5.41, 5.74) is 5.32. The van der Waals surface area contributed by atoms with Gasteiger partial charge in [-0.1, -0.05) is 80.5 Å². The van der Waals surface area contributed by atoms with Crippen LogP contribution < -0.4 is 0 Å². The molecule has 0 aliphatic rings. The molecule has 0 saturated carbocycles. The lowest BCUT2D eigenvalue weighted by Crippen LogP contribution is -2.24. The summed E-state index contributed by atoms with van der Waals surface area (Å²) in [6, 6.07) is 8.93. The normalized spacial score (nSPS) is 13.7. The Morgan fingerprint density at radius 3 is 1.68 bits per heavy atom. The first kappa shape index (κ1) is 17.0. The lowest BCUT2D eigenvalue weighted by atomic mass is 9.77. The predicted molar refractivity (Wildman–Crippen MR) is 97.8 cm³/mol. The van der Waals surface area contributed by atoms with Crippen LogP contribution in [-0.4, -0.2) is 4.98 Å². The van der Waals surface area contributed by atoms with Gasteiger partial charge in [-0.05, 0) is 28.0 Å². The van der Waals surface area contributed by atoms with Crippen molar-refractivity contribution in [2.45, 2.75) is 78.6 Å². The molecule has 1 nitrogen and oxygen atoms in total. The molecule has 0 atom stereocenters. The van der Waals surface area contributed by atoms with Gasteiger partial charge in [0.1, 0.15) is 0 Å². The molecule has 0 amide bonds. The summed E-state index contributed by atoms with van der Waals surface area (Å²) in [5.74, 6) is 0. The lowest BCUT2D eigenvalue weighted by Gasteiger charge is -2.30. The van der Waals surface area contributed by atoms with Crippen LogP contribution in [0.2, 0.25) is 0 Å². The third kappa shape index (κ3) is 3.19. The van der Waals surface area contributed by atoms with Crippen molar-refractivity contribution in [1.29, 1.82) is 0 Å². The summed E-state index contributed by atoms with van der Waals surface area (Å²) in [6.45, 7) is 20.4. The summed E-state index contributed by atoms with van der Waals surface area (Å²) in [7, 11) is 0. The smallest absolute Gasteiger partial charge is 0.0743 e. The number of hydrogen-bond donors (Lipinski definition) is 0. The first-order chi connectivity index (χ1) is 9.82. The van der Waals surface area contributed by atoms with Crippen LogP contribution >= 0.6 is 0 Å². The van der Waals surface area contributed by atoms with E-state index >= 15 is 0 Å². The Kier molecular flexibility index (Phi) is 3.92. The monoisotopic (exact) mass is 297 g/mol. The van der Waals surface area contributed by atoms with Crippen molar-refractivity contribution in [3.05, 3.63) is 41.1 Å². The quantitative estimate of drug-likeness (QED) is 0.570. The highest BCUT2D eigenvalue weighted by molar-refractivity contribution is 5.84. The van der Waals surface area contributed by atoms with Crippen molar-refractivity contribution in [3.8, 4) is 0 Å². The molecule has 22 heavy (non-hydrogen) atoms. The maximum Gasteiger partial charge on any atom is 0.0743 e. The Balaban J connectivity index is 2.91. The number of rotatable bonds is 0. The number of hydrogen-bond acceptors (Lipinski definition) is 1. The average Bonchev–Trinajstić information content (AvgIpc) is 2.33. The third-order valence-electron chi connectivity index (χ3n) is 4.17. The molecule has 1 aromatic carbocycles. The van der Waals surface area contributed by atoms with E-state index in [0.717, 1.165) is 5.52 Å². The molecule has 0 spiro atoms. The second kappa shape index (κ2) is 5.08. The zero-order chi connectivity index (χ0) is 16.9. The standard InChI is InChI=1S/C21H31N/c1-19(2,3)15-12-10-11-14-13-16(20(4,5)6)18(21(7,8)9)22-17(14)15/h10-13H,1-9H3. The van der Waals surface area contributed by atoms with Crippen LogP contribution in [0.25, 0.3) is 10.9 Å². The first-order valence-electron chi connectivity index (χ1n) is 8.27. The van der Waals surface area contributed by atoms with Crippen molar-refractivity contribution in [3.63, 3.8) is 0 Å². The Labute approximate surface area is 136 Å². The SMILES string of the molecule is CC(C)(C)c1cc2cccc(C(C)(C)C)c2nc1C(C)(C)C. The van der Waals surface area contributed by atoms with Gasteiger partial charge in [0.2, 0.25) is 0 Å². The van der Waals surface area contributed by atoms with E-state index in [0.29, 0.717) is 0 Å². The molecular weight excluding hydrogens is 266 g/mol. The third-order valence-corrected chi connectivity index (χ3v) is 4.17. The van der Waals surface area contributed by atoms with E-state index < -0.39 is 0 Å². The molecule has 0 unspecified atom stereocenters. The van der Waals surface area contributed by atoms with Crippen molar-refractivity contribution >= 4 is 10.9 Å². The van der Waals surface area contributed by atoms with E-state index in [1.165, 1.54) is 22.2 Å². The summed E-state index contributed by atoms with van der Waals surface area (Å²) in [4.78, 5) is 5.18. The molecule has 0 bridgehead atoms. The number of benzene rings is 1. The van der Waals surface area contributed by atoms with Crippen molar-refractivity contribution in [1.82, 2.24) is 4.98 Å². The molecule has 0 saturated heterocycles. The van der Waals surface area contributed by atoms with Crippen LogP contribution in [0.15, 0.2) is 24.3 Å². The number of para-hydroxylation sites is 1. The number of aromatic nitrogens is 1. The Morgan fingerprint density at radius 2 is 1.23 bits per heavy atom. The number of fused-ring (bicyclic) bond motifs is 1. The molecule has 1 aromatic heterocycles. The molecule has 0 N–H and O–H groups in total. The number of nitrogens with zero attached hydrogens (tertiary/aromatic N) is 1. The van der Waals surface area contributed by atoms with Crippen LogP contribution in [-0.2, 0) is 16.2 Å². The van der Waals surface area contributed by atoms with Gasteiger partial charge in [-0.2, -0.15) is 0 Å². The second-order valence-corrected chi connectivity index (χ2v) is 9.51. The van der Waals surface area contributed by atoms with E-state index in [9.17, 15) is 0 Å². The van der Waals surface area contributed by atoms with Crippen LogP contribution in [0.5, 0.6) is 0 Å². The molecule has 2 rings (SSSR count). The van der Waals surface area contributed by atoms with E-state index in [-0.39, 0.29) is 16.2 Å². The Morgan fingerprint density at radius 1 is 0.682 bits per heavy atom. The van der Waals surface area contributed by atoms with Gasteiger partial charge < -0.3 is 0 Å². The van der Waals surface area contributed by atoms with Gasteiger partial charge in [-0.3, -0.25) is 4.98 Å². The molecule has 1 heteroatoms. The van der Waals surface area contributed by atoms with Gasteiger partial charge in [-0.15, -0.1) is 0 Å². The summed E-state index contributed by atoms with van der Waals surface area (Å²) in [5, 5.41) is 1.25. The largest absolute Gasteiger partial charge is 0.252 e. The summed E-state index contributed by atoms with van der Waals surface area (Å²) >= 11 is 0. The van der Waals surface area contributed by atoms with Crippen LogP contribution in [0.1, 0.15) is 79.1 Å².